The first-order valence-electron chi connectivity index (χ1n) is 7.00. The third-order valence-electron chi connectivity index (χ3n) is 4.13. The molecule has 0 aromatic heterocycles. The van der Waals surface area contributed by atoms with Gasteiger partial charge in [-0.3, -0.25) is 4.90 Å². The van der Waals surface area contributed by atoms with Crippen LogP contribution in [0.3, 0.4) is 0 Å². The van der Waals surface area contributed by atoms with Crippen molar-refractivity contribution in [1.82, 2.24) is 4.90 Å². The van der Waals surface area contributed by atoms with E-state index in [1.807, 2.05) is 13.8 Å². The number of nitrogens with zero attached hydrogens (tertiary/aromatic N) is 1. The van der Waals surface area contributed by atoms with Gasteiger partial charge < -0.3 is 10.8 Å². The van der Waals surface area contributed by atoms with E-state index in [1.54, 1.807) is 12.1 Å². The summed E-state index contributed by atoms with van der Waals surface area (Å²) < 4.78 is 14.0. The van der Waals surface area contributed by atoms with Gasteiger partial charge in [-0.1, -0.05) is 12.5 Å². The standard InChI is InChI=1S/C15H23FN2O/c1-10(17)15-5-3-4-8-18(15)11(2)13-7-6-12(19)9-14(13)16/h6-7,9-11,15,19H,3-5,8,17H2,1-2H3. The van der Waals surface area contributed by atoms with E-state index in [1.165, 1.54) is 12.5 Å². The Morgan fingerprint density at radius 2 is 2.11 bits per heavy atom. The van der Waals surface area contributed by atoms with Crippen molar-refractivity contribution in [2.24, 2.45) is 5.73 Å². The molecule has 2 rings (SSSR count). The van der Waals surface area contributed by atoms with Crippen LogP contribution in [0.15, 0.2) is 18.2 Å². The van der Waals surface area contributed by atoms with Crippen LogP contribution in [0.1, 0.15) is 44.7 Å². The molecule has 3 atom stereocenters. The van der Waals surface area contributed by atoms with Crippen molar-refractivity contribution in [1.29, 1.82) is 0 Å². The van der Waals surface area contributed by atoms with Crippen molar-refractivity contribution in [2.75, 3.05) is 6.54 Å². The van der Waals surface area contributed by atoms with Crippen LogP contribution in [0.2, 0.25) is 0 Å². The second kappa shape index (κ2) is 5.88. The zero-order chi connectivity index (χ0) is 14.0. The molecule has 1 fully saturated rings. The quantitative estimate of drug-likeness (QED) is 0.884. The third-order valence-corrected chi connectivity index (χ3v) is 4.13. The molecule has 0 aliphatic carbocycles. The van der Waals surface area contributed by atoms with Gasteiger partial charge in [0.05, 0.1) is 0 Å². The lowest BCUT2D eigenvalue weighted by molar-refractivity contribution is 0.0873. The SMILES string of the molecule is CC(N)C1CCCCN1C(C)c1ccc(O)cc1F. The fraction of sp³-hybridized carbons (Fsp3) is 0.600. The van der Waals surface area contributed by atoms with Crippen LogP contribution in [0, 0.1) is 5.82 Å². The minimum Gasteiger partial charge on any atom is -0.508 e. The lowest BCUT2D eigenvalue weighted by atomic mass is 9.93. The number of halogens is 1. The first kappa shape index (κ1) is 14.3. The van der Waals surface area contributed by atoms with E-state index in [9.17, 15) is 9.50 Å². The summed E-state index contributed by atoms with van der Waals surface area (Å²) in [7, 11) is 0. The maximum Gasteiger partial charge on any atom is 0.131 e. The summed E-state index contributed by atoms with van der Waals surface area (Å²) in [6.07, 6.45) is 3.39. The van der Waals surface area contributed by atoms with Crippen LogP contribution in [0.5, 0.6) is 5.75 Å². The lowest BCUT2D eigenvalue weighted by Gasteiger charge is -2.42. The minimum atomic E-state index is -0.346. The Kier molecular flexibility index (Phi) is 4.42. The summed E-state index contributed by atoms with van der Waals surface area (Å²) in [6, 6.07) is 4.76. The van der Waals surface area contributed by atoms with Crippen molar-refractivity contribution in [2.45, 2.75) is 51.2 Å². The maximum absolute atomic E-state index is 14.0. The van der Waals surface area contributed by atoms with Gasteiger partial charge in [-0.15, -0.1) is 0 Å². The molecule has 1 aliphatic rings. The number of rotatable bonds is 3. The fourth-order valence-electron chi connectivity index (χ4n) is 3.06. The van der Waals surface area contributed by atoms with Gasteiger partial charge in [-0.25, -0.2) is 4.39 Å². The molecule has 3 unspecified atom stereocenters. The van der Waals surface area contributed by atoms with Crippen molar-refractivity contribution in [3.63, 3.8) is 0 Å². The largest absolute Gasteiger partial charge is 0.508 e. The van der Waals surface area contributed by atoms with E-state index in [2.05, 4.69) is 4.90 Å². The molecule has 4 heteroatoms. The summed E-state index contributed by atoms with van der Waals surface area (Å²) in [6.45, 7) is 4.98. The van der Waals surface area contributed by atoms with E-state index in [0.29, 0.717) is 11.6 Å². The van der Waals surface area contributed by atoms with Crippen LogP contribution < -0.4 is 5.73 Å². The van der Waals surface area contributed by atoms with E-state index < -0.39 is 0 Å². The van der Waals surface area contributed by atoms with Gasteiger partial charge in [0.1, 0.15) is 11.6 Å². The first-order chi connectivity index (χ1) is 9.00. The highest BCUT2D eigenvalue weighted by Gasteiger charge is 2.30. The Morgan fingerprint density at radius 1 is 1.37 bits per heavy atom. The lowest BCUT2D eigenvalue weighted by Crippen LogP contribution is -2.50. The highest BCUT2D eigenvalue weighted by Crippen LogP contribution is 2.31. The molecular formula is C15H23FN2O. The summed E-state index contributed by atoms with van der Waals surface area (Å²) in [5.74, 6) is -0.377. The molecule has 3 N–H and O–H groups in total. The van der Waals surface area contributed by atoms with Gasteiger partial charge >= 0.3 is 0 Å². The average Bonchev–Trinajstić information content (AvgIpc) is 2.38. The van der Waals surface area contributed by atoms with Crippen molar-refractivity contribution in [3.8, 4) is 5.75 Å². The predicted molar refractivity (Wildman–Crippen MR) is 74.5 cm³/mol. The molecule has 0 amide bonds. The van der Waals surface area contributed by atoms with Crippen LogP contribution in [-0.2, 0) is 0 Å². The number of phenolic OH excluding ortho intramolecular Hbond substituents is 1. The molecule has 3 nitrogen and oxygen atoms in total. The molecular weight excluding hydrogens is 243 g/mol. The molecule has 0 bridgehead atoms. The molecule has 0 saturated carbocycles. The van der Waals surface area contributed by atoms with Crippen molar-refractivity contribution >= 4 is 0 Å². The number of phenols is 1. The van der Waals surface area contributed by atoms with Gasteiger partial charge in [-0.2, -0.15) is 0 Å². The Balaban J connectivity index is 2.23. The number of nitrogens with two attached hydrogens (primary N) is 1. The molecule has 1 saturated heterocycles. The van der Waals surface area contributed by atoms with E-state index in [-0.39, 0.29) is 23.7 Å². The second-order valence-corrected chi connectivity index (χ2v) is 5.54. The number of likely N-dealkylation sites (tertiary alicyclic amines) is 1. The van der Waals surface area contributed by atoms with Crippen LogP contribution >= 0.6 is 0 Å². The van der Waals surface area contributed by atoms with Crippen LogP contribution in [-0.4, -0.2) is 28.6 Å². The van der Waals surface area contributed by atoms with Crippen molar-refractivity contribution < 1.29 is 9.50 Å². The Hall–Kier alpha value is -1.13. The number of aromatic hydroxyl groups is 1. The highest BCUT2D eigenvalue weighted by molar-refractivity contribution is 5.29. The fourth-order valence-corrected chi connectivity index (χ4v) is 3.06. The molecule has 1 heterocycles. The van der Waals surface area contributed by atoms with Crippen LogP contribution in [0.4, 0.5) is 4.39 Å². The maximum atomic E-state index is 14.0. The van der Waals surface area contributed by atoms with Gasteiger partial charge in [0.2, 0.25) is 0 Å². The Bertz CT molecular complexity index is 436. The molecule has 0 spiro atoms. The zero-order valence-electron chi connectivity index (χ0n) is 11.6. The van der Waals surface area contributed by atoms with Gasteiger partial charge in [0, 0.05) is 29.8 Å². The monoisotopic (exact) mass is 266 g/mol. The predicted octanol–water partition coefficient (Wildman–Crippen LogP) is 2.79. The van der Waals surface area contributed by atoms with E-state index in [0.717, 1.165) is 19.4 Å². The Labute approximate surface area is 114 Å². The Morgan fingerprint density at radius 3 is 2.74 bits per heavy atom. The summed E-state index contributed by atoms with van der Waals surface area (Å²) in [4.78, 5) is 2.30. The van der Waals surface area contributed by atoms with Crippen molar-refractivity contribution in [3.05, 3.63) is 29.6 Å². The van der Waals surface area contributed by atoms with Gasteiger partial charge in [0.15, 0.2) is 0 Å². The minimum absolute atomic E-state index is 0.0168. The topological polar surface area (TPSA) is 49.5 Å². The van der Waals surface area contributed by atoms with Crippen LogP contribution in [0.25, 0.3) is 0 Å². The van der Waals surface area contributed by atoms with Gasteiger partial charge in [0.25, 0.3) is 0 Å². The smallest absolute Gasteiger partial charge is 0.131 e. The normalized spacial score (nSPS) is 24.1. The summed E-state index contributed by atoms with van der Waals surface area (Å²) >= 11 is 0. The number of hydrogen-bond acceptors (Lipinski definition) is 3. The highest BCUT2D eigenvalue weighted by atomic mass is 19.1. The summed E-state index contributed by atoms with van der Waals surface area (Å²) in [5, 5.41) is 9.30. The number of hydrogen-bond donors (Lipinski definition) is 2. The molecule has 1 aromatic carbocycles. The molecule has 1 aliphatic heterocycles. The zero-order valence-corrected chi connectivity index (χ0v) is 11.6. The van der Waals surface area contributed by atoms with E-state index in [4.69, 9.17) is 5.73 Å². The molecule has 106 valence electrons. The average molecular weight is 266 g/mol. The third kappa shape index (κ3) is 3.07. The van der Waals surface area contributed by atoms with Gasteiger partial charge in [-0.05, 0) is 39.3 Å². The number of piperidine rings is 1. The molecule has 0 radical (unpaired) electrons. The van der Waals surface area contributed by atoms with E-state index >= 15 is 0 Å². The number of benzene rings is 1. The summed E-state index contributed by atoms with van der Waals surface area (Å²) in [5.41, 5.74) is 6.69. The molecule has 1 aromatic rings. The first-order valence-corrected chi connectivity index (χ1v) is 7.00. The second-order valence-electron chi connectivity index (χ2n) is 5.54. The molecule has 19 heavy (non-hydrogen) atoms.